The van der Waals surface area contributed by atoms with Gasteiger partial charge in [0.1, 0.15) is 0 Å². The van der Waals surface area contributed by atoms with Crippen molar-refractivity contribution in [3.05, 3.63) is 41.8 Å². The Kier molecular flexibility index (Phi) is 1.85. The second-order valence-corrected chi connectivity index (χ2v) is 2.70. The minimum Gasteiger partial charge on any atom is -0.354 e. The fourth-order valence-electron chi connectivity index (χ4n) is 1.28. The van der Waals surface area contributed by atoms with Crippen molar-refractivity contribution in [1.29, 1.82) is 0 Å². The van der Waals surface area contributed by atoms with Gasteiger partial charge in [0.05, 0.1) is 0 Å². The Morgan fingerprint density at radius 2 is 2.15 bits per heavy atom. The minimum atomic E-state index is 0.865. The van der Waals surface area contributed by atoms with E-state index in [4.69, 9.17) is 0 Å². The molecule has 0 aliphatic carbocycles. The molecule has 0 radical (unpaired) electrons. The fourth-order valence-corrected chi connectivity index (χ4v) is 1.28. The summed E-state index contributed by atoms with van der Waals surface area (Å²) in [5.74, 6) is 1.58. The molecule has 2 heteroatoms. The Bertz CT molecular complexity index is 479. The van der Waals surface area contributed by atoms with Crippen LogP contribution in [-0.2, 0) is 4.79 Å². The number of para-hydroxylation sites is 1. The lowest BCUT2D eigenvalue weighted by molar-refractivity contribution is 0.569. The van der Waals surface area contributed by atoms with Gasteiger partial charge in [-0.05, 0) is 17.9 Å². The Labute approximate surface area is 75.2 Å². The molecule has 0 aliphatic rings. The molecule has 1 aromatic carbocycles. The number of benzene rings is 1. The average Bonchev–Trinajstić information content (AvgIpc) is 2.57. The third kappa shape index (κ3) is 1.45. The number of hydrogen-bond donors (Lipinski definition) is 1. The summed E-state index contributed by atoms with van der Waals surface area (Å²) in [7, 11) is 0. The molecule has 1 heterocycles. The molecular weight excluding hydrogens is 162 g/mol. The maximum atomic E-state index is 9.91. The average molecular weight is 169 g/mol. The van der Waals surface area contributed by atoms with Gasteiger partial charge in [0.25, 0.3) is 0 Å². The van der Waals surface area contributed by atoms with Gasteiger partial charge in [-0.1, -0.05) is 18.2 Å². The van der Waals surface area contributed by atoms with Crippen molar-refractivity contribution in [2.24, 2.45) is 0 Å². The van der Waals surface area contributed by atoms with Crippen molar-refractivity contribution in [2.75, 3.05) is 0 Å². The molecule has 0 bridgehead atoms. The summed E-state index contributed by atoms with van der Waals surface area (Å²) in [6.45, 7) is 0. The number of carbonyl (C=O) groups excluding carboxylic acids is 1. The second kappa shape index (κ2) is 3.16. The molecule has 0 amide bonds. The lowest BCUT2D eigenvalue weighted by atomic mass is 10.2. The lowest BCUT2D eigenvalue weighted by Gasteiger charge is -1.83. The number of aromatic amines is 1. The zero-order chi connectivity index (χ0) is 9.10. The SMILES string of the molecule is O=C=C=Cc1cc2ccccc2[nH]1. The highest BCUT2D eigenvalue weighted by atomic mass is 16.1. The van der Waals surface area contributed by atoms with Crippen LogP contribution >= 0.6 is 0 Å². The van der Waals surface area contributed by atoms with Crippen molar-refractivity contribution in [2.45, 2.75) is 0 Å². The fraction of sp³-hybridized carbons (Fsp3) is 0. The molecule has 0 saturated heterocycles. The second-order valence-electron chi connectivity index (χ2n) is 2.70. The quantitative estimate of drug-likeness (QED) is 0.515. The maximum Gasteiger partial charge on any atom is 0.177 e. The van der Waals surface area contributed by atoms with Crippen LogP contribution < -0.4 is 0 Å². The molecule has 2 aromatic rings. The summed E-state index contributed by atoms with van der Waals surface area (Å²) in [5.41, 5.74) is 4.29. The van der Waals surface area contributed by atoms with E-state index in [2.05, 4.69) is 10.7 Å². The molecule has 62 valence electrons. The number of nitrogens with one attached hydrogen (secondary N) is 1. The van der Waals surface area contributed by atoms with Crippen molar-refractivity contribution in [3.63, 3.8) is 0 Å². The van der Waals surface area contributed by atoms with Crippen molar-refractivity contribution < 1.29 is 4.79 Å². The van der Waals surface area contributed by atoms with E-state index in [1.165, 1.54) is 0 Å². The van der Waals surface area contributed by atoms with Gasteiger partial charge in [0, 0.05) is 22.7 Å². The van der Waals surface area contributed by atoms with Crippen LogP contribution in [0.3, 0.4) is 0 Å². The van der Waals surface area contributed by atoms with Crippen LogP contribution in [-0.4, -0.2) is 10.9 Å². The van der Waals surface area contributed by atoms with E-state index in [0.717, 1.165) is 16.6 Å². The minimum absolute atomic E-state index is 0.865. The molecule has 0 atom stereocenters. The van der Waals surface area contributed by atoms with Gasteiger partial charge in [0.2, 0.25) is 0 Å². The molecule has 1 N–H and O–H groups in total. The van der Waals surface area contributed by atoms with Gasteiger partial charge in [-0.15, -0.1) is 0 Å². The van der Waals surface area contributed by atoms with E-state index in [1.807, 2.05) is 30.3 Å². The normalized spacial score (nSPS) is 9.23. The van der Waals surface area contributed by atoms with Crippen molar-refractivity contribution in [3.8, 4) is 0 Å². The molecule has 0 aliphatic heterocycles. The highest BCUT2D eigenvalue weighted by Crippen LogP contribution is 2.14. The van der Waals surface area contributed by atoms with Gasteiger partial charge in [-0.3, -0.25) is 0 Å². The zero-order valence-corrected chi connectivity index (χ0v) is 6.87. The molecule has 0 saturated carbocycles. The summed E-state index contributed by atoms with van der Waals surface area (Å²) in [6.07, 6.45) is 1.58. The number of H-pyrrole nitrogens is 1. The van der Waals surface area contributed by atoms with E-state index in [-0.39, 0.29) is 0 Å². The molecule has 0 unspecified atom stereocenters. The van der Waals surface area contributed by atoms with Crippen LogP contribution in [0.2, 0.25) is 0 Å². The van der Waals surface area contributed by atoms with Gasteiger partial charge >= 0.3 is 0 Å². The Balaban J connectivity index is 2.62. The number of aromatic nitrogens is 1. The summed E-state index contributed by atoms with van der Waals surface area (Å²) in [5, 5.41) is 1.13. The van der Waals surface area contributed by atoms with Gasteiger partial charge in [-0.2, -0.15) is 0 Å². The summed E-state index contributed by atoms with van der Waals surface area (Å²) < 4.78 is 0. The van der Waals surface area contributed by atoms with Crippen molar-refractivity contribution in [1.82, 2.24) is 4.98 Å². The molecule has 2 nitrogen and oxygen atoms in total. The number of fused-ring (bicyclic) bond motifs is 1. The van der Waals surface area contributed by atoms with Crippen LogP contribution in [0.5, 0.6) is 0 Å². The predicted molar refractivity (Wildman–Crippen MR) is 52.0 cm³/mol. The Hall–Kier alpha value is -2.01. The Morgan fingerprint density at radius 3 is 2.92 bits per heavy atom. The molecule has 0 fully saturated rings. The van der Waals surface area contributed by atoms with Gasteiger partial charge in [-0.25, -0.2) is 4.79 Å². The highest BCUT2D eigenvalue weighted by Gasteiger charge is 1.94. The first kappa shape index (κ1) is 7.63. The summed E-state index contributed by atoms with van der Waals surface area (Å²) >= 11 is 0. The largest absolute Gasteiger partial charge is 0.354 e. The summed E-state index contributed by atoms with van der Waals surface area (Å²) in [4.78, 5) is 13.0. The van der Waals surface area contributed by atoms with Gasteiger partial charge < -0.3 is 4.98 Å². The molecule has 1 aromatic heterocycles. The van der Waals surface area contributed by atoms with Crippen molar-refractivity contribution >= 4 is 22.9 Å². The molecular formula is C11H7NO. The molecule has 13 heavy (non-hydrogen) atoms. The van der Waals surface area contributed by atoms with E-state index >= 15 is 0 Å². The predicted octanol–water partition coefficient (Wildman–Crippen LogP) is 2.17. The molecule has 0 spiro atoms. The first-order valence-electron chi connectivity index (χ1n) is 3.94. The van der Waals surface area contributed by atoms with Crippen LogP contribution in [0.4, 0.5) is 0 Å². The van der Waals surface area contributed by atoms with E-state index in [1.54, 1.807) is 12.0 Å². The van der Waals surface area contributed by atoms with E-state index in [0.29, 0.717) is 0 Å². The highest BCUT2D eigenvalue weighted by molar-refractivity contribution is 5.82. The molecule has 2 rings (SSSR count). The smallest absolute Gasteiger partial charge is 0.177 e. The standard InChI is InChI=1S/C11H7NO/c13-7-3-5-10-8-9-4-1-2-6-11(9)12-10/h1-2,4-6,8,12H. The van der Waals surface area contributed by atoms with Crippen LogP contribution in [0.15, 0.2) is 36.1 Å². The van der Waals surface area contributed by atoms with Crippen LogP contribution in [0.25, 0.3) is 17.0 Å². The maximum absolute atomic E-state index is 9.91. The number of rotatable bonds is 1. The first-order chi connectivity index (χ1) is 6.40. The summed E-state index contributed by atoms with van der Waals surface area (Å²) in [6, 6.07) is 9.88. The van der Waals surface area contributed by atoms with E-state index in [9.17, 15) is 4.79 Å². The van der Waals surface area contributed by atoms with Gasteiger partial charge in [0.15, 0.2) is 5.94 Å². The monoisotopic (exact) mass is 169 g/mol. The van der Waals surface area contributed by atoms with Crippen LogP contribution in [0.1, 0.15) is 5.69 Å². The third-order valence-electron chi connectivity index (χ3n) is 1.84. The van der Waals surface area contributed by atoms with Crippen LogP contribution in [0, 0.1) is 0 Å². The van der Waals surface area contributed by atoms with E-state index < -0.39 is 0 Å². The third-order valence-corrected chi connectivity index (χ3v) is 1.84. The first-order valence-corrected chi connectivity index (χ1v) is 3.94. The zero-order valence-electron chi connectivity index (χ0n) is 6.87. The number of hydrogen-bond acceptors (Lipinski definition) is 1. The lowest BCUT2D eigenvalue weighted by Crippen LogP contribution is -1.66. The topological polar surface area (TPSA) is 32.9 Å². The Morgan fingerprint density at radius 1 is 1.31 bits per heavy atom.